The van der Waals surface area contributed by atoms with E-state index in [0.29, 0.717) is 5.56 Å². The lowest BCUT2D eigenvalue weighted by molar-refractivity contribution is -0.160. The molecule has 1 aromatic carbocycles. The molecule has 3 nitrogen and oxygen atoms in total. The molecule has 0 aliphatic rings. The summed E-state index contributed by atoms with van der Waals surface area (Å²) >= 11 is 0. The second-order valence-electron chi connectivity index (χ2n) is 3.63. The topological polar surface area (TPSA) is 46.5 Å². The van der Waals surface area contributed by atoms with Gasteiger partial charge in [0.15, 0.2) is 0 Å². The molecular weight excluding hydrogens is 211 g/mol. The van der Waals surface area contributed by atoms with Crippen molar-refractivity contribution < 1.29 is 19.0 Å². The molecule has 2 atom stereocenters. The third kappa shape index (κ3) is 2.58. The zero-order valence-electron chi connectivity index (χ0n) is 9.31. The lowest BCUT2D eigenvalue weighted by Crippen LogP contribution is -2.40. The second-order valence-corrected chi connectivity index (χ2v) is 3.63. The first kappa shape index (κ1) is 12.6. The van der Waals surface area contributed by atoms with Crippen LogP contribution in [0.1, 0.15) is 19.4 Å². The van der Waals surface area contributed by atoms with E-state index in [2.05, 4.69) is 4.74 Å². The molecule has 0 amide bonds. The van der Waals surface area contributed by atoms with Crippen molar-refractivity contribution >= 4 is 5.97 Å². The molecule has 4 heteroatoms. The van der Waals surface area contributed by atoms with Crippen molar-refractivity contribution in [3.05, 3.63) is 35.9 Å². The van der Waals surface area contributed by atoms with Gasteiger partial charge in [-0.1, -0.05) is 30.3 Å². The Morgan fingerprint density at radius 2 is 2.06 bits per heavy atom. The summed E-state index contributed by atoms with van der Waals surface area (Å²) in [6.45, 7) is 2.93. The Kier molecular flexibility index (Phi) is 4.01. The molecule has 2 unspecified atom stereocenters. The summed E-state index contributed by atoms with van der Waals surface area (Å²) in [5, 5.41) is 9.98. The Morgan fingerprint density at radius 1 is 1.50 bits per heavy atom. The summed E-state index contributed by atoms with van der Waals surface area (Å²) in [6.07, 6.45) is -2.09. The average Bonchev–Trinajstić information content (AvgIpc) is 2.29. The zero-order chi connectivity index (χ0) is 12.2. The van der Waals surface area contributed by atoms with Crippen LogP contribution in [0.3, 0.4) is 0 Å². The van der Waals surface area contributed by atoms with E-state index in [9.17, 15) is 14.3 Å². The van der Waals surface area contributed by atoms with E-state index in [1.54, 1.807) is 37.3 Å². The summed E-state index contributed by atoms with van der Waals surface area (Å²) in [7, 11) is 0. The number of hydrogen-bond acceptors (Lipinski definition) is 3. The molecule has 0 radical (unpaired) electrons. The highest BCUT2D eigenvalue weighted by Crippen LogP contribution is 2.27. The van der Waals surface area contributed by atoms with Crippen molar-refractivity contribution in [3.8, 4) is 0 Å². The summed E-state index contributed by atoms with van der Waals surface area (Å²) in [5.41, 5.74) is -1.52. The second kappa shape index (κ2) is 5.07. The molecule has 1 N–H and O–H groups in total. The number of halogens is 1. The van der Waals surface area contributed by atoms with Gasteiger partial charge < -0.3 is 9.84 Å². The Morgan fingerprint density at radius 3 is 2.56 bits per heavy atom. The molecule has 16 heavy (non-hydrogen) atoms. The third-order valence-electron chi connectivity index (χ3n) is 2.35. The number of alkyl halides is 1. The zero-order valence-corrected chi connectivity index (χ0v) is 9.31. The SMILES string of the molecule is CCOC(=O)C(F)C(C)(O)c1ccccc1. The standard InChI is InChI=1S/C12H15FO3/c1-3-16-11(14)10(13)12(2,15)9-7-5-4-6-8-9/h4-8,10,15H,3H2,1-2H3. The van der Waals surface area contributed by atoms with Gasteiger partial charge in [0.2, 0.25) is 6.17 Å². The number of ether oxygens (including phenoxy) is 1. The van der Waals surface area contributed by atoms with Crippen LogP contribution in [0.25, 0.3) is 0 Å². The fraction of sp³-hybridized carbons (Fsp3) is 0.417. The Balaban J connectivity index is 2.89. The van der Waals surface area contributed by atoms with Crippen LogP contribution in [-0.4, -0.2) is 23.9 Å². The minimum Gasteiger partial charge on any atom is -0.464 e. The molecule has 1 rings (SSSR count). The van der Waals surface area contributed by atoms with Gasteiger partial charge in [-0.2, -0.15) is 0 Å². The fourth-order valence-electron chi connectivity index (χ4n) is 1.37. The minimum atomic E-state index is -2.09. The maximum Gasteiger partial charge on any atom is 0.344 e. The van der Waals surface area contributed by atoms with E-state index in [1.165, 1.54) is 6.92 Å². The third-order valence-corrected chi connectivity index (χ3v) is 2.35. The Hall–Kier alpha value is -1.42. The number of esters is 1. The highest BCUT2D eigenvalue weighted by Gasteiger charge is 2.40. The monoisotopic (exact) mass is 226 g/mol. The molecule has 0 heterocycles. The number of carbonyl (C=O) groups excluding carboxylic acids is 1. The molecular formula is C12H15FO3. The minimum absolute atomic E-state index is 0.0874. The van der Waals surface area contributed by atoms with Crippen molar-refractivity contribution in [1.29, 1.82) is 0 Å². The average molecular weight is 226 g/mol. The highest BCUT2D eigenvalue weighted by molar-refractivity contribution is 5.76. The van der Waals surface area contributed by atoms with Crippen molar-refractivity contribution in [1.82, 2.24) is 0 Å². The Labute approximate surface area is 93.9 Å². The van der Waals surface area contributed by atoms with Crippen LogP contribution in [-0.2, 0) is 15.1 Å². The van der Waals surface area contributed by atoms with Crippen molar-refractivity contribution in [2.24, 2.45) is 0 Å². The predicted octanol–water partition coefficient (Wildman–Crippen LogP) is 1.80. The van der Waals surface area contributed by atoms with Crippen LogP contribution < -0.4 is 0 Å². The van der Waals surface area contributed by atoms with Gasteiger partial charge in [-0.05, 0) is 19.4 Å². The van der Waals surface area contributed by atoms with Gasteiger partial charge in [0.1, 0.15) is 5.60 Å². The summed E-state index contributed by atoms with van der Waals surface area (Å²) < 4.78 is 18.3. The first-order valence-corrected chi connectivity index (χ1v) is 5.08. The van der Waals surface area contributed by atoms with E-state index in [4.69, 9.17) is 0 Å². The molecule has 0 spiro atoms. The van der Waals surface area contributed by atoms with Gasteiger partial charge in [-0.25, -0.2) is 9.18 Å². The van der Waals surface area contributed by atoms with Crippen LogP contribution in [0.2, 0.25) is 0 Å². The number of rotatable bonds is 4. The summed E-state index contributed by atoms with van der Waals surface area (Å²) in [5.74, 6) is -1.05. The van der Waals surface area contributed by atoms with Crippen LogP contribution in [0.15, 0.2) is 30.3 Å². The van der Waals surface area contributed by atoms with Crippen LogP contribution in [0, 0.1) is 0 Å². The summed E-state index contributed by atoms with van der Waals surface area (Å²) in [4.78, 5) is 11.2. The van der Waals surface area contributed by atoms with E-state index in [0.717, 1.165) is 0 Å². The van der Waals surface area contributed by atoms with Gasteiger partial charge in [-0.3, -0.25) is 0 Å². The normalized spacial score (nSPS) is 16.2. The van der Waals surface area contributed by atoms with Crippen molar-refractivity contribution in [2.75, 3.05) is 6.61 Å². The molecule has 0 aliphatic heterocycles. The van der Waals surface area contributed by atoms with Crippen molar-refractivity contribution in [2.45, 2.75) is 25.6 Å². The van der Waals surface area contributed by atoms with Crippen molar-refractivity contribution in [3.63, 3.8) is 0 Å². The smallest absolute Gasteiger partial charge is 0.344 e. The van der Waals surface area contributed by atoms with Gasteiger partial charge in [0, 0.05) is 0 Å². The molecule has 1 aromatic rings. The van der Waals surface area contributed by atoms with Gasteiger partial charge in [0.05, 0.1) is 6.61 Å². The van der Waals surface area contributed by atoms with Gasteiger partial charge >= 0.3 is 5.97 Å². The molecule has 0 aromatic heterocycles. The maximum atomic E-state index is 13.7. The van der Waals surface area contributed by atoms with E-state index >= 15 is 0 Å². The Bertz CT molecular complexity index is 349. The number of hydrogen-bond donors (Lipinski definition) is 1. The fourth-order valence-corrected chi connectivity index (χ4v) is 1.37. The van der Waals surface area contributed by atoms with Gasteiger partial charge in [-0.15, -0.1) is 0 Å². The molecule has 0 aliphatic carbocycles. The first-order chi connectivity index (χ1) is 7.50. The molecule has 0 fully saturated rings. The first-order valence-electron chi connectivity index (χ1n) is 5.08. The molecule has 0 bridgehead atoms. The number of carbonyl (C=O) groups is 1. The van der Waals surface area contributed by atoms with Gasteiger partial charge in [0.25, 0.3) is 0 Å². The predicted molar refractivity (Wildman–Crippen MR) is 57.5 cm³/mol. The molecule has 88 valence electrons. The summed E-state index contributed by atoms with van der Waals surface area (Å²) in [6, 6.07) is 8.21. The highest BCUT2D eigenvalue weighted by atomic mass is 19.1. The molecule has 0 saturated carbocycles. The van der Waals surface area contributed by atoms with Crippen LogP contribution in [0.4, 0.5) is 4.39 Å². The maximum absolute atomic E-state index is 13.7. The quantitative estimate of drug-likeness (QED) is 0.796. The van der Waals surface area contributed by atoms with Crippen LogP contribution >= 0.6 is 0 Å². The van der Waals surface area contributed by atoms with E-state index in [1.807, 2.05) is 0 Å². The lowest BCUT2D eigenvalue weighted by atomic mass is 9.91. The number of benzene rings is 1. The molecule has 0 saturated heterocycles. The van der Waals surface area contributed by atoms with E-state index < -0.39 is 17.7 Å². The van der Waals surface area contributed by atoms with Crippen LogP contribution in [0.5, 0.6) is 0 Å². The van der Waals surface area contributed by atoms with E-state index in [-0.39, 0.29) is 6.61 Å². The number of aliphatic hydroxyl groups is 1. The largest absolute Gasteiger partial charge is 0.464 e. The lowest BCUT2D eigenvalue weighted by Gasteiger charge is -2.26.